The summed E-state index contributed by atoms with van der Waals surface area (Å²) in [6.45, 7) is 2.98. The van der Waals surface area contributed by atoms with Crippen LogP contribution in [0.5, 0.6) is 0 Å². The quantitative estimate of drug-likeness (QED) is 0.725. The SMILES string of the molecule is C[C@H](C(=O)NCc1ccc(F)cc1)N(C)Cc1ccc2ccccc2c1. The molecule has 0 aliphatic carbocycles. The summed E-state index contributed by atoms with van der Waals surface area (Å²) in [5.41, 5.74) is 2.05. The minimum absolute atomic E-state index is 0.0439. The van der Waals surface area contributed by atoms with Crippen molar-refractivity contribution in [3.05, 3.63) is 83.7 Å². The zero-order valence-corrected chi connectivity index (χ0v) is 15.1. The van der Waals surface area contributed by atoms with Gasteiger partial charge in [-0.3, -0.25) is 9.69 Å². The van der Waals surface area contributed by atoms with Gasteiger partial charge in [-0.2, -0.15) is 0 Å². The zero-order chi connectivity index (χ0) is 18.5. The Morgan fingerprint density at radius 3 is 2.38 bits per heavy atom. The van der Waals surface area contributed by atoms with Crippen LogP contribution in [0, 0.1) is 5.82 Å². The summed E-state index contributed by atoms with van der Waals surface area (Å²) < 4.78 is 12.9. The first-order valence-electron chi connectivity index (χ1n) is 8.73. The van der Waals surface area contributed by atoms with E-state index in [1.807, 2.05) is 31.0 Å². The van der Waals surface area contributed by atoms with Crippen molar-refractivity contribution in [3.63, 3.8) is 0 Å². The standard InChI is InChI=1S/C22H23FN2O/c1-16(22(26)24-14-17-8-11-21(23)12-9-17)25(2)15-18-7-10-19-5-3-4-6-20(19)13-18/h3-13,16H,14-15H2,1-2H3,(H,24,26)/t16-/m1/s1. The molecular weight excluding hydrogens is 327 g/mol. The molecule has 0 heterocycles. The molecule has 3 nitrogen and oxygen atoms in total. The van der Waals surface area contributed by atoms with Crippen LogP contribution >= 0.6 is 0 Å². The van der Waals surface area contributed by atoms with Crippen molar-refractivity contribution in [2.24, 2.45) is 0 Å². The second-order valence-electron chi connectivity index (χ2n) is 6.62. The van der Waals surface area contributed by atoms with Crippen molar-refractivity contribution in [1.82, 2.24) is 10.2 Å². The van der Waals surface area contributed by atoms with Gasteiger partial charge in [-0.15, -0.1) is 0 Å². The Hall–Kier alpha value is -2.72. The van der Waals surface area contributed by atoms with Gasteiger partial charge >= 0.3 is 0 Å². The summed E-state index contributed by atoms with van der Waals surface area (Å²) >= 11 is 0. The van der Waals surface area contributed by atoms with Gasteiger partial charge in [0.05, 0.1) is 6.04 Å². The van der Waals surface area contributed by atoms with E-state index in [-0.39, 0.29) is 17.8 Å². The maximum absolute atomic E-state index is 12.9. The highest BCUT2D eigenvalue weighted by Crippen LogP contribution is 2.17. The van der Waals surface area contributed by atoms with Crippen LogP contribution in [0.25, 0.3) is 10.8 Å². The van der Waals surface area contributed by atoms with E-state index in [0.29, 0.717) is 13.1 Å². The third-order valence-electron chi connectivity index (χ3n) is 4.67. The normalized spacial score (nSPS) is 12.3. The Labute approximate surface area is 153 Å². The second kappa shape index (κ2) is 8.11. The molecule has 0 radical (unpaired) electrons. The lowest BCUT2D eigenvalue weighted by Crippen LogP contribution is -2.42. The lowest BCUT2D eigenvalue weighted by molar-refractivity contribution is -0.125. The van der Waals surface area contributed by atoms with Crippen molar-refractivity contribution in [2.75, 3.05) is 7.05 Å². The molecule has 0 saturated carbocycles. The molecule has 134 valence electrons. The van der Waals surface area contributed by atoms with Crippen molar-refractivity contribution in [2.45, 2.75) is 26.1 Å². The molecule has 1 atom stereocenters. The van der Waals surface area contributed by atoms with E-state index in [1.165, 1.54) is 28.5 Å². The smallest absolute Gasteiger partial charge is 0.237 e. The Bertz CT molecular complexity index is 892. The fourth-order valence-corrected chi connectivity index (χ4v) is 2.90. The molecule has 0 unspecified atom stereocenters. The minimum Gasteiger partial charge on any atom is -0.351 e. The second-order valence-corrected chi connectivity index (χ2v) is 6.62. The Kier molecular flexibility index (Phi) is 5.64. The number of likely N-dealkylation sites (N-methyl/N-ethyl adjacent to an activating group) is 1. The van der Waals surface area contributed by atoms with Crippen LogP contribution in [-0.2, 0) is 17.9 Å². The molecule has 0 saturated heterocycles. The fraction of sp³-hybridized carbons (Fsp3) is 0.227. The number of rotatable bonds is 6. The molecule has 4 heteroatoms. The van der Waals surface area contributed by atoms with Gasteiger partial charge in [0.1, 0.15) is 5.82 Å². The third kappa shape index (κ3) is 4.46. The first-order chi connectivity index (χ1) is 12.5. The highest BCUT2D eigenvalue weighted by molar-refractivity contribution is 5.83. The minimum atomic E-state index is -0.274. The number of nitrogens with zero attached hydrogens (tertiary/aromatic N) is 1. The van der Waals surface area contributed by atoms with Crippen LogP contribution in [0.15, 0.2) is 66.7 Å². The molecule has 0 aliphatic heterocycles. The van der Waals surface area contributed by atoms with Crippen molar-refractivity contribution < 1.29 is 9.18 Å². The first kappa shape index (κ1) is 18.1. The Morgan fingerprint density at radius 2 is 1.65 bits per heavy atom. The molecule has 0 spiro atoms. The summed E-state index contributed by atoms with van der Waals surface area (Å²) in [7, 11) is 1.94. The van der Waals surface area contributed by atoms with E-state index >= 15 is 0 Å². The molecule has 3 aromatic rings. The number of amides is 1. The number of hydrogen-bond acceptors (Lipinski definition) is 2. The molecule has 0 aliphatic rings. The first-order valence-corrected chi connectivity index (χ1v) is 8.73. The largest absolute Gasteiger partial charge is 0.351 e. The van der Waals surface area contributed by atoms with E-state index < -0.39 is 0 Å². The number of carbonyl (C=O) groups excluding carboxylic acids is 1. The molecule has 1 amide bonds. The summed E-state index contributed by atoms with van der Waals surface area (Å²) in [5.74, 6) is -0.318. The van der Waals surface area contributed by atoms with Crippen molar-refractivity contribution in [3.8, 4) is 0 Å². The molecule has 3 aromatic carbocycles. The van der Waals surface area contributed by atoms with E-state index in [2.05, 4.69) is 35.6 Å². The number of nitrogens with one attached hydrogen (secondary N) is 1. The van der Waals surface area contributed by atoms with Gasteiger partial charge in [0.2, 0.25) is 5.91 Å². The summed E-state index contributed by atoms with van der Waals surface area (Å²) in [4.78, 5) is 14.4. The van der Waals surface area contributed by atoms with Gasteiger partial charge in [0, 0.05) is 13.1 Å². The van der Waals surface area contributed by atoms with Crippen LogP contribution in [0.3, 0.4) is 0 Å². The molecule has 0 fully saturated rings. The third-order valence-corrected chi connectivity index (χ3v) is 4.67. The summed E-state index contributed by atoms with van der Waals surface area (Å²) in [6.07, 6.45) is 0. The topological polar surface area (TPSA) is 32.3 Å². The van der Waals surface area contributed by atoms with Crippen molar-refractivity contribution >= 4 is 16.7 Å². The van der Waals surface area contributed by atoms with Crippen LogP contribution < -0.4 is 5.32 Å². The summed E-state index contributed by atoms with van der Waals surface area (Å²) in [5, 5.41) is 5.32. The number of halogens is 1. The van der Waals surface area contributed by atoms with Crippen molar-refractivity contribution in [1.29, 1.82) is 0 Å². The van der Waals surface area contributed by atoms with Gasteiger partial charge < -0.3 is 5.32 Å². The number of hydrogen-bond donors (Lipinski definition) is 1. The van der Waals surface area contributed by atoms with Gasteiger partial charge in [-0.05, 0) is 54.1 Å². The predicted molar refractivity (Wildman–Crippen MR) is 103 cm³/mol. The fourth-order valence-electron chi connectivity index (χ4n) is 2.90. The average Bonchev–Trinajstić information content (AvgIpc) is 2.66. The number of fused-ring (bicyclic) bond motifs is 1. The van der Waals surface area contributed by atoms with Gasteiger partial charge in [-0.25, -0.2) is 4.39 Å². The molecule has 1 N–H and O–H groups in total. The van der Waals surface area contributed by atoms with Crippen LogP contribution in [-0.4, -0.2) is 23.9 Å². The maximum atomic E-state index is 12.9. The highest BCUT2D eigenvalue weighted by atomic mass is 19.1. The predicted octanol–water partition coefficient (Wildman–Crippen LogP) is 4.12. The van der Waals surface area contributed by atoms with Crippen LogP contribution in [0.4, 0.5) is 4.39 Å². The van der Waals surface area contributed by atoms with Gasteiger partial charge in [-0.1, -0.05) is 48.5 Å². The highest BCUT2D eigenvalue weighted by Gasteiger charge is 2.18. The maximum Gasteiger partial charge on any atom is 0.237 e. The number of benzene rings is 3. The van der Waals surface area contributed by atoms with E-state index in [1.54, 1.807) is 12.1 Å². The molecule has 0 aromatic heterocycles. The molecule has 3 rings (SSSR count). The monoisotopic (exact) mass is 350 g/mol. The number of carbonyl (C=O) groups is 1. The van der Waals surface area contributed by atoms with Crippen LogP contribution in [0.1, 0.15) is 18.1 Å². The van der Waals surface area contributed by atoms with E-state index in [0.717, 1.165) is 5.56 Å². The summed E-state index contributed by atoms with van der Waals surface area (Å²) in [6, 6.07) is 20.5. The molecule has 0 bridgehead atoms. The van der Waals surface area contributed by atoms with Gasteiger partial charge in [0.15, 0.2) is 0 Å². The zero-order valence-electron chi connectivity index (χ0n) is 15.1. The van der Waals surface area contributed by atoms with Crippen LogP contribution in [0.2, 0.25) is 0 Å². The average molecular weight is 350 g/mol. The van der Waals surface area contributed by atoms with E-state index in [9.17, 15) is 9.18 Å². The lowest BCUT2D eigenvalue weighted by atomic mass is 10.1. The Morgan fingerprint density at radius 1 is 1.00 bits per heavy atom. The van der Waals surface area contributed by atoms with Gasteiger partial charge in [0.25, 0.3) is 0 Å². The molecule has 26 heavy (non-hydrogen) atoms. The lowest BCUT2D eigenvalue weighted by Gasteiger charge is -2.24. The Balaban J connectivity index is 1.57. The van der Waals surface area contributed by atoms with E-state index in [4.69, 9.17) is 0 Å². The molecular formula is C22H23FN2O.